The van der Waals surface area contributed by atoms with Gasteiger partial charge in [0.1, 0.15) is 5.75 Å². The van der Waals surface area contributed by atoms with Crippen LogP contribution in [0.15, 0.2) is 29.3 Å². The standard InChI is InChI=1S/C19H30N4O.HI/c1-15-6-5-10-23(13-15)19(20)21-12-16-9-11-22(14-16)17-7-3-4-8-18(17)24-2;/h3-4,7-8,15-16H,5-6,9-14H2,1-2H3,(H2,20,21);1H. The van der Waals surface area contributed by atoms with Gasteiger partial charge in [0.2, 0.25) is 0 Å². The number of methoxy groups -OCH3 is 1. The molecule has 2 heterocycles. The monoisotopic (exact) mass is 458 g/mol. The molecule has 2 saturated heterocycles. The number of hydrogen-bond acceptors (Lipinski definition) is 3. The molecule has 0 aromatic heterocycles. The highest BCUT2D eigenvalue weighted by atomic mass is 127. The lowest BCUT2D eigenvalue weighted by atomic mass is 10.0. The molecule has 1 aromatic rings. The van der Waals surface area contributed by atoms with Crippen LogP contribution in [0.2, 0.25) is 0 Å². The van der Waals surface area contributed by atoms with Gasteiger partial charge in [-0.3, -0.25) is 4.99 Å². The molecule has 2 unspecified atom stereocenters. The fourth-order valence-corrected chi connectivity index (χ4v) is 3.81. The van der Waals surface area contributed by atoms with Gasteiger partial charge in [0.25, 0.3) is 0 Å². The first-order valence-corrected chi connectivity index (χ1v) is 9.10. The first-order chi connectivity index (χ1) is 11.7. The average Bonchev–Trinajstić information content (AvgIpc) is 3.08. The number of guanidine groups is 1. The van der Waals surface area contributed by atoms with Crippen molar-refractivity contribution in [2.75, 3.05) is 44.7 Å². The summed E-state index contributed by atoms with van der Waals surface area (Å²) in [6, 6.07) is 8.24. The van der Waals surface area contributed by atoms with Gasteiger partial charge in [0, 0.05) is 32.7 Å². The number of anilines is 1. The third-order valence-corrected chi connectivity index (χ3v) is 5.20. The first kappa shape index (κ1) is 20.1. The van der Waals surface area contributed by atoms with Gasteiger partial charge in [-0.25, -0.2) is 0 Å². The molecule has 2 N–H and O–H groups in total. The van der Waals surface area contributed by atoms with E-state index < -0.39 is 0 Å². The second-order valence-electron chi connectivity index (χ2n) is 7.16. The fourth-order valence-electron chi connectivity index (χ4n) is 3.81. The van der Waals surface area contributed by atoms with Crippen LogP contribution in [-0.4, -0.2) is 50.7 Å². The van der Waals surface area contributed by atoms with E-state index in [-0.39, 0.29) is 24.0 Å². The predicted molar refractivity (Wildman–Crippen MR) is 115 cm³/mol. The quantitative estimate of drug-likeness (QED) is 0.428. The summed E-state index contributed by atoms with van der Waals surface area (Å²) in [5.41, 5.74) is 7.41. The number of nitrogens with zero attached hydrogens (tertiary/aromatic N) is 3. The highest BCUT2D eigenvalue weighted by Gasteiger charge is 2.25. The molecule has 0 amide bonds. The van der Waals surface area contributed by atoms with Gasteiger partial charge in [-0.2, -0.15) is 0 Å². The predicted octanol–water partition coefficient (Wildman–Crippen LogP) is 3.19. The number of halogens is 1. The van der Waals surface area contributed by atoms with E-state index in [4.69, 9.17) is 15.5 Å². The van der Waals surface area contributed by atoms with Crippen LogP contribution in [0.1, 0.15) is 26.2 Å². The molecule has 2 fully saturated rings. The summed E-state index contributed by atoms with van der Waals surface area (Å²) < 4.78 is 5.48. The normalized spacial score (nSPS) is 24.2. The Morgan fingerprint density at radius 2 is 2.04 bits per heavy atom. The van der Waals surface area contributed by atoms with Crippen LogP contribution in [0.3, 0.4) is 0 Å². The summed E-state index contributed by atoms with van der Waals surface area (Å²) in [4.78, 5) is 9.35. The van der Waals surface area contributed by atoms with E-state index in [0.717, 1.165) is 56.8 Å². The van der Waals surface area contributed by atoms with Crippen LogP contribution in [0.4, 0.5) is 5.69 Å². The Labute approximate surface area is 168 Å². The summed E-state index contributed by atoms with van der Waals surface area (Å²) >= 11 is 0. The van der Waals surface area contributed by atoms with E-state index in [9.17, 15) is 0 Å². The van der Waals surface area contributed by atoms with E-state index in [0.29, 0.717) is 5.92 Å². The topological polar surface area (TPSA) is 54.1 Å². The fraction of sp³-hybridized carbons (Fsp3) is 0.632. The highest BCUT2D eigenvalue weighted by molar-refractivity contribution is 14.0. The Balaban J connectivity index is 0.00000225. The van der Waals surface area contributed by atoms with Crippen molar-refractivity contribution in [1.29, 1.82) is 0 Å². The molecule has 6 heteroatoms. The molecule has 2 aliphatic heterocycles. The number of ether oxygens (including phenoxy) is 1. The molecule has 0 bridgehead atoms. The van der Waals surface area contributed by atoms with Crippen molar-refractivity contribution >= 4 is 35.6 Å². The highest BCUT2D eigenvalue weighted by Crippen LogP contribution is 2.32. The third-order valence-electron chi connectivity index (χ3n) is 5.20. The van der Waals surface area contributed by atoms with Crippen LogP contribution < -0.4 is 15.4 Å². The molecule has 2 atom stereocenters. The molecule has 25 heavy (non-hydrogen) atoms. The van der Waals surface area contributed by atoms with E-state index >= 15 is 0 Å². The van der Waals surface area contributed by atoms with Gasteiger partial charge in [0.05, 0.1) is 12.8 Å². The lowest BCUT2D eigenvalue weighted by Gasteiger charge is -2.31. The van der Waals surface area contributed by atoms with Crippen LogP contribution in [0.25, 0.3) is 0 Å². The molecular formula is C19H31IN4O. The maximum Gasteiger partial charge on any atom is 0.191 e. The Morgan fingerprint density at radius 3 is 2.80 bits per heavy atom. The number of benzene rings is 1. The van der Waals surface area contributed by atoms with Crippen molar-refractivity contribution in [3.63, 3.8) is 0 Å². The van der Waals surface area contributed by atoms with Crippen molar-refractivity contribution in [3.8, 4) is 5.75 Å². The Bertz CT molecular complexity index is 580. The number of hydrogen-bond donors (Lipinski definition) is 1. The maximum atomic E-state index is 6.22. The van der Waals surface area contributed by atoms with Crippen LogP contribution in [-0.2, 0) is 0 Å². The Morgan fingerprint density at radius 1 is 1.24 bits per heavy atom. The van der Waals surface area contributed by atoms with Crippen LogP contribution in [0, 0.1) is 11.8 Å². The first-order valence-electron chi connectivity index (χ1n) is 9.10. The molecule has 140 valence electrons. The minimum absolute atomic E-state index is 0. The number of rotatable bonds is 4. The van der Waals surface area contributed by atoms with E-state index in [1.807, 2.05) is 12.1 Å². The van der Waals surface area contributed by atoms with Gasteiger partial charge >= 0.3 is 0 Å². The zero-order valence-corrected chi connectivity index (χ0v) is 17.7. The zero-order chi connectivity index (χ0) is 16.9. The minimum atomic E-state index is 0. The SMILES string of the molecule is COc1ccccc1N1CCC(CN=C(N)N2CCCC(C)C2)C1.I. The summed E-state index contributed by atoms with van der Waals surface area (Å²) in [6.07, 6.45) is 3.69. The van der Waals surface area contributed by atoms with E-state index in [1.165, 1.54) is 18.5 Å². The van der Waals surface area contributed by atoms with Gasteiger partial charge in [-0.15, -0.1) is 24.0 Å². The minimum Gasteiger partial charge on any atom is -0.495 e. The van der Waals surface area contributed by atoms with Gasteiger partial charge in [-0.05, 0) is 43.2 Å². The van der Waals surface area contributed by atoms with Crippen molar-refractivity contribution in [2.45, 2.75) is 26.2 Å². The molecule has 0 aliphatic carbocycles. The second kappa shape index (κ2) is 9.50. The Hall–Kier alpha value is -1.18. The number of para-hydroxylation sites is 2. The smallest absolute Gasteiger partial charge is 0.191 e. The molecule has 3 rings (SSSR count). The van der Waals surface area contributed by atoms with Crippen LogP contribution in [0.5, 0.6) is 5.75 Å². The molecule has 5 nitrogen and oxygen atoms in total. The van der Waals surface area contributed by atoms with Crippen molar-refractivity contribution in [1.82, 2.24) is 4.90 Å². The number of aliphatic imine (C=N–C) groups is 1. The van der Waals surface area contributed by atoms with Crippen molar-refractivity contribution < 1.29 is 4.74 Å². The molecule has 0 radical (unpaired) electrons. The number of likely N-dealkylation sites (tertiary alicyclic amines) is 1. The second-order valence-corrected chi connectivity index (χ2v) is 7.16. The Kier molecular flexibility index (Phi) is 7.65. The van der Waals surface area contributed by atoms with Gasteiger partial charge in [-0.1, -0.05) is 19.1 Å². The summed E-state index contributed by atoms with van der Waals surface area (Å²) in [5.74, 6) is 2.97. The molecule has 2 aliphatic rings. The lowest BCUT2D eigenvalue weighted by Crippen LogP contribution is -2.43. The summed E-state index contributed by atoms with van der Waals surface area (Å²) in [7, 11) is 1.73. The van der Waals surface area contributed by atoms with Gasteiger partial charge < -0.3 is 20.3 Å². The zero-order valence-electron chi connectivity index (χ0n) is 15.4. The number of nitrogens with two attached hydrogens (primary N) is 1. The van der Waals surface area contributed by atoms with Crippen molar-refractivity contribution in [2.24, 2.45) is 22.6 Å². The average molecular weight is 458 g/mol. The van der Waals surface area contributed by atoms with Crippen molar-refractivity contribution in [3.05, 3.63) is 24.3 Å². The largest absolute Gasteiger partial charge is 0.495 e. The molecular weight excluding hydrogens is 427 g/mol. The van der Waals surface area contributed by atoms with Gasteiger partial charge in [0.15, 0.2) is 5.96 Å². The van der Waals surface area contributed by atoms with E-state index in [2.05, 4.69) is 28.9 Å². The summed E-state index contributed by atoms with van der Waals surface area (Å²) in [5, 5.41) is 0. The third kappa shape index (κ3) is 5.15. The summed E-state index contributed by atoms with van der Waals surface area (Å²) in [6.45, 7) is 7.30. The lowest BCUT2D eigenvalue weighted by molar-refractivity contribution is 0.270. The number of piperidine rings is 1. The van der Waals surface area contributed by atoms with Crippen LogP contribution >= 0.6 is 24.0 Å². The maximum absolute atomic E-state index is 6.22. The van der Waals surface area contributed by atoms with E-state index in [1.54, 1.807) is 7.11 Å². The molecule has 0 spiro atoms. The molecule has 0 saturated carbocycles. The molecule has 1 aromatic carbocycles.